The van der Waals surface area contributed by atoms with E-state index in [9.17, 15) is 14.3 Å². The van der Waals surface area contributed by atoms with E-state index in [0.29, 0.717) is 0 Å². The smallest absolute Gasteiger partial charge is 0.342 e. The van der Waals surface area contributed by atoms with Gasteiger partial charge >= 0.3 is 5.97 Å². The number of ether oxygens (including phenoxy) is 2. The third-order valence-corrected chi connectivity index (χ3v) is 2.64. The molecule has 6 nitrogen and oxygen atoms in total. The molecule has 1 unspecified atom stereocenters. The Morgan fingerprint density at radius 1 is 1.60 bits per heavy atom. The number of hydrogen-bond donors (Lipinski definition) is 2. The van der Waals surface area contributed by atoms with Gasteiger partial charge in [0.1, 0.15) is 0 Å². The largest absolute Gasteiger partial charge is 0.504 e. The van der Waals surface area contributed by atoms with E-state index >= 15 is 0 Å². The molecule has 0 heterocycles. The summed E-state index contributed by atoms with van der Waals surface area (Å²) in [5.41, 5.74) is 5.65. The quantitative estimate of drug-likeness (QED) is 0.785. The number of phenols is 1. The first kappa shape index (κ1) is 15.7. The lowest BCUT2D eigenvalue weighted by atomic mass is 9.99. The summed E-state index contributed by atoms with van der Waals surface area (Å²) < 4.78 is 23.3. The number of rotatable bonds is 5. The van der Waals surface area contributed by atoms with Crippen molar-refractivity contribution in [1.82, 2.24) is 0 Å². The Hall–Kier alpha value is -2.33. The van der Waals surface area contributed by atoms with Gasteiger partial charge in [0, 0.05) is 11.6 Å². The minimum Gasteiger partial charge on any atom is -0.504 e. The van der Waals surface area contributed by atoms with Crippen molar-refractivity contribution >= 4 is 5.97 Å². The Morgan fingerprint density at radius 3 is 2.75 bits per heavy atom. The van der Waals surface area contributed by atoms with Crippen molar-refractivity contribution in [3.05, 3.63) is 23.3 Å². The number of esters is 1. The number of carbonyl (C=O) groups is 1. The first-order valence-corrected chi connectivity index (χ1v) is 5.83. The van der Waals surface area contributed by atoms with Crippen molar-refractivity contribution in [3.8, 4) is 17.6 Å². The van der Waals surface area contributed by atoms with Crippen LogP contribution in [0.3, 0.4) is 0 Å². The Bertz CT molecular complexity index is 542. The molecule has 0 aliphatic heterocycles. The maximum Gasteiger partial charge on any atom is 0.342 e. The second-order valence-corrected chi connectivity index (χ2v) is 3.91. The number of aromatic hydroxyl groups is 1. The maximum atomic E-state index is 13.9. The monoisotopic (exact) mass is 282 g/mol. The highest BCUT2D eigenvalue weighted by atomic mass is 19.1. The average Bonchev–Trinajstić information content (AvgIpc) is 2.46. The van der Waals surface area contributed by atoms with Gasteiger partial charge in [-0.3, -0.25) is 0 Å². The van der Waals surface area contributed by atoms with Crippen molar-refractivity contribution in [1.29, 1.82) is 5.26 Å². The van der Waals surface area contributed by atoms with Gasteiger partial charge in [0.2, 0.25) is 6.17 Å². The second kappa shape index (κ2) is 6.73. The summed E-state index contributed by atoms with van der Waals surface area (Å²) in [6.45, 7) is 1.55. The molecule has 0 fully saturated rings. The highest BCUT2D eigenvalue weighted by molar-refractivity contribution is 5.76. The number of alkyl halides is 1. The van der Waals surface area contributed by atoms with Crippen LogP contribution in [0.25, 0.3) is 0 Å². The molecular formula is C13H15FN2O4. The van der Waals surface area contributed by atoms with Crippen LogP contribution in [0, 0.1) is 11.3 Å². The van der Waals surface area contributed by atoms with Gasteiger partial charge in [0.15, 0.2) is 11.5 Å². The molecule has 7 heteroatoms. The van der Waals surface area contributed by atoms with E-state index in [1.807, 2.05) is 6.07 Å². The van der Waals surface area contributed by atoms with E-state index in [-0.39, 0.29) is 23.5 Å². The molecule has 0 bridgehead atoms. The molecule has 3 N–H and O–H groups in total. The lowest BCUT2D eigenvalue weighted by molar-refractivity contribution is -0.149. The van der Waals surface area contributed by atoms with Gasteiger partial charge in [-0.05, 0) is 13.0 Å². The van der Waals surface area contributed by atoms with Crippen molar-refractivity contribution in [3.63, 3.8) is 0 Å². The predicted molar refractivity (Wildman–Crippen MR) is 67.8 cm³/mol. The van der Waals surface area contributed by atoms with Crippen molar-refractivity contribution in [2.45, 2.75) is 19.1 Å². The second-order valence-electron chi connectivity index (χ2n) is 3.91. The van der Waals surface area contributed by atoms with Crippen molar-refractivity contribution in [2.75, 3.05) is 13.7 Å². The number of methoxy groups -OCH3 is 1. The van der Waals surface area contributed by atoms with Crippen molar-refractivity contribution in [2.24, 2.45) is 5.73 Å². The number of phenolic OH excluding ortho intramolecular Hbond substituents is 1. The number of nitrogens with zero attached hydrogens (tertiary/aromatic N) is 1. The highest BCUT2D eigenvalue weighted by Crippen LogP contribution is 2.36. The highest BCUT2D eigenvalue weighted by Gasteiger charge is 2.30. The molecule has 20 heavy (non-hydrogen) atoms. The van der Waals surface area contributed by atoms with Crippen LogP contribution in [-0.2, 0) is 9.53 Å². The fraction of sp³-hybridized carbons (Fsp3) is 0.385. The first-order valence-electron chi connectivity index (χ1n) is 5.83. The molecule has 1 rings (SSSR count). The molecule has 1 aromatic rings. The Morgan fingerprint density at radius 2 is 2.25 bits per heavy atom. The fourth-order valence-electron chi connectivity index (χ4n) is 1.63. The molecule has 0 radical (unpaired) electrons. The molecule has 0 aliphatic carbocycles. The van der Waals surface area contributed by atoms with Gasteiger partial charge in [0.25, 0.3) is 0 Å². The van der Waals surface area contributed by atoms with Crippen LogP contribution >= 0.6 is 0 Å². The molecule has 0 saturated carbocycles. The van der Waals surface area contributed by atoms with Gasteiger partial charge in [-0.2, -0.15) is 5.26 Å². The molecule has 108 valence electrons. The Labute approximate surface area is 115 Å². The van der Waals surface area contributed by atoms with E-state index in [1.54, 1.807) is 0 Å². The Balaban J connectivity index is 3.18. The third-order valence-electron chi connectivity index (χ3n) is 2.64. The fourth-order valence-corrected chi connectivity index (χ4v) is 1.63. The van der Waals surface area contributed by atoms with Crippen LogP contribution in [0.2, 0.25) is 0 Å². The van der Waals surface area contributed by atoms with E-state index in [0.717, 1.165) is 0 Å². The number of carbonyl (C=O) groups excluding carboxylic acids is 1. The van der Waals surface area contributed by atoms with E-state index in [1.165, 1.54) is 26.2 Å². The minimum atomic E-state index is -2.15. The van der Waals surface area contributed by atoms with E-state index in [2.05, 4.69) is 4.74 Å². The lowest BCUT2D eigenvalue weighted by Gasteiger charge is -2.18. The summed E-state index contributed by atoms with van der Waals surface area (Å²) in [6.07, 6.45) is -2.15. The average molecular weight is 282 g/mol. The molecular weight excluding hydrogens is 267 g/mol. The zero-order valence-corrected chi connectivity index (χ0v) is 11.1. The summed E-state index contributed by atoms with van der Waals surface area (Å²) >= 11 is 0. The number of halogens is 1. The van der Waals surface area contributed by atoms with Gasteiger partial charge in [-0.15, -0.1) is 0 Å². The topological polar surface area (TPSA) is 106 Å². The van der Waals surface area contributed by atoms with E-state index < -0.39 is 23.9 Å². The van der Waals surface area contributed by atoms with Gasteiger partial charge in [-0.25, -0.2) is 9.18 Å². The normalized spacial score (nSPS) is 13.2. The molecule has 1 aromatic carbocycles. The molecule has 0 spiro atoms. The van der Waals surface area contributed by atoms with Crippen molar-refractivity contribution < 1.29 is 23.8 Å². The SMILES string of the molecule is CCOC(=O)C(F)[C@H](N)c1cc(C#N)cc(OC)c1O. The molecule has 2 atom stereocenters. The van der Waals surface area contributed by atoms with Crippen LogP contribution in [0.5, 0.6) is 11.5 Å². The summed E-state index contributed by atoms with van der Waals surface area (Å²) in [6, 6.07) is 2.85. The lowest BCUT2D eigenvalue weighted by Crippen LogP contribution is -2.31. The number of hydrogen-bond acceptors (Lipinski definition) is 6. The Kier molecular flexibility index (Phi) is 5.29. The van der Waals surface area contributed by atoms with Gasteiger partial charge < -0.3 is 20.3 Å². The van der Waals surface area contributed by atoms with Crippen LogP contribution in [0.4, 0.5) is 4.39 Å². The van der Waals surface area contributed by atoms with Crippen LogP contribution in [-0.4, -0.2) is 31.0 Å². The zero-order valence-electron chi connectivity index (χ0n) is 11.1. The number of nitriles is 1. The number of benzene rings is 1. The van der Waals surface area contributed by atoms with Crippen LogP contribution in [0.15, 0.2) is 12.1 Å². The summed E-state index contributed by atoms with van der Waals surface area (Å²) in [7, 11) is 1.28. The van der Waals surface area contributed by atoms with Gasteiger partial charge in [0.05, 0.1) is 31.4 Å². The van der Waals surface area contributed by atoms with E-state index in [4.69, 9.17) is 15.7 Å². The predicted octanol–water partition coefficient (Wildman–Crippen LogP) is 1.17. The molecule has 0 saturated heterocycles. The first-order chi connectivity index (χ1) is 9.46. The summed E-state index contributed by atoms with van der Waals surface area (Å²) in [5.74, 6) is -1.56. The third kappa shape index (κ3) is 3.16. The molecule has 0 amide bonds. The standard InChI is InChI=1S/C13H15FN2O4/c1-3-20-13(18)10(14)11(16)8-4-7(6-15)5-9(19-2)12(8)17/h4-5,10-11,17H,3,16H2,1-2H3/t10?,11-/m1/s1. The number of nitrogens with two attached hydrogens (primary N) is 1. The zero-order chi connectivity index (χ0) is 15.3. The molecule has 0 aliphatic rings. The summed E-state index contributed by atoms with van der Waals surface area (Å²) in [4.78, 5) is 11.3. The molecule has 0 aromatic heterocycles. The maximum absolute atomic E-state index is 13.9. The summed E-state index contributed by atoms with van der Waals surface area (Å²) in [5, 5.41) is 18.8. The van der Waals surface area contributed by atoms with Gasteiger partial charge in [-0.1, -0.05) is 0 Å². The van der Waals surface area contributed by atoms with Crippen LogP contribution < -0.4 is 10.5 Å². The minimum absolute atomic E-state index is 0.0134. The van der Waals surface area contributed by atoms with Crippen LogP contribution in [0.1, 0.15) is 24.1 Å².